The minimum absolute atomic E-state index is 0.128. The van der Waals surface area contributed by atoms with Gasteiger partial charge in [-0.2, -0.15) is 0 Å². The van der Waals surface area contributed by atoms with Crippen LogP contribution in [0.4, 0.5) is 0 Å². The lowest BCUT2D eigenvalue weighted by molar-refractivity contribution is 0.0929. The molecule has 1 aromatic carbocycles. The molecule has 5 nitrogen and oxygen atoms in total. The predicted octanol–water partition coefficient (Wildman–Crippen LogP) is 2.93. The molecule has 0 unspecified atom stereocenters. The van der Waals surface area contributed by atoms with E-state index in [4.69, 9.17) is 4.42 Å². The normalized spacial score (nSPS) is 11.8. The molecule has 0 bridgehead atoms. The molecule has 0 fully saturated rings. The lowest BCUT2D eigenvalue weighted by Crippen LogP contribution is -2.25. The summed E-state index contributed by atoms with van der Waals surface area (Å²) in [7, 11) is 1.53. The topological polar surface area (TPSA) is 71.3 Å². The number of rotatable bonds is 6. The van der Waals surface area contributed by atoms with Crippen LogP contribution in [-0.2, 0) is 0 Å². The molecule has 1 atom stereocenters. The molecule has 1 heterocycles. The number of carbonyl (C=O) groups is 2. The Balaban J connectivity index is 2.41. The second-order valence-corrected chi connectivity index (χ2v) is 5.36. The zero-order chi connectivity index (χ0) is 16.8. The van der Waals surface area contributed by atoms with E-state index in [-0.39, 0.29) is 23.5 Å². The van der Waals surface area contributed by atoms with Gasteiger partial charge in [0.1, 0.15) is 5.76 Å². The molecule has 2 rings (SSSR count). The van der Waals surface area contributed by atoms with Crippen molar-refractivity contribution >= 4 is 11.8 Å². The lowest BCUT2D eigenvalue weighted by Gasteiger charge is -2.11. The Morgan fingerprint density at radius 1 is 1.17 bits per heavy atom. The van der Waals surface area contributed by atoms with Gasteiger partial charge in [-0.25, -0.2) is 0 Å². The smallest absolute Gasteiger partial charge is 0.286 e. The molecule has 5 heteroatoms. The summed E-state index contributed by atoms with van der Waals surface area (Å²) in [6.45, 7) is 4.52. The van der Waals surface area contributed by atoms with Gasteiger partial charge in [0, 0.05) is 25.6 Å². The molecule has 0 aliphatic heterocycles. The maximum absolute atomic E-state index is 12.4. The standard InChI is InChI=1S/C18H22N2O3/c1-4-10-20-17(21)14-11-15(18(22)19-3)23-16(14)12(2)13-8-6-5-7-9-13/h5-9,11-12H,4,10H2,1-3H3,(H,19,22)(H,20,21)/t12-/m0/s1. The number of benzene rings is 1. The summed E-state index contributed by atoms with van der Waals surface area (Å²) in [5.74, 6) is -0.0445. The fourth-order valence-corrected chi connectivity index (χ4v) is 2.37. The summed E-state index contributed by atoms with van der Waals surface area (Å²) in [6, 6.07) is 11.3. The SMILES string of the molecule is CCCNC(=O)c1cc(C(=O)NC)oc1[C@@H](C)c1ccccc1. The van der Waals surface area contributed by atoms with Gasteiger partial charge in [-0.15, -0.1) is 0 Å². The van der Waals surface area contributed by atoms with E-state index in [1.807, 2.05) is 44.2 Å². The number of hydrogen-bond donors (Lipinski definition) is 2. The highest BCUT2D eigenvalue weighted by atomic mass is 16.4. The molecule has 0 spiro atoms. The molecule has 2 aromatic rings. The highest BCUT2D eigenvalue weighted by Gasteiger charge is 2.25. The van der Waals surface area contributed by atoms with E-state index in [2.05, 4.69) is 10.6 Å². The molecule has 0 radical (unpaired) electrons. The number of amides is 2. The number of nitrogens with one attached hydrogen (secondary N) is 2. The largest absolute Gasteiger partial charge is 0.454 e. The molecule has 23 heavy (non-hydrogen) atoms. The first-order valence-electron chi connectivity index (χ1n) is 7.77. The first-order valence-corrected chi connectivity index (χ1v) is 7.77. The van der Waals surface area contributed by atoms with Gasteiger partial charge in [-0.05, 0) is 12.0 Å². The van der Waals surface area contributed by atoms with Crippen LogP contribution in [0, 0.1) is 0 Å². The van der Waals surface area contributed by atoms with Crippen molar-refractivity contribution in [1.82, 2.24) is 10.6 Å². The average Bonchev–Trinajstić information content (AvgIpc) is 3.04. The van der Waals surface area contributed by atoms with Crippen LogP contribution < -0.4 is 10.6 Å². The predicted molar refractivity (Wildman–Crippen MR) is 88.7 cm³/mol. The summed E-state index contributed by atoms with van der Waals surface area (Å²) >= 11 is 0. The van der Waals surface area contributed by atoms with Crippen LogP contribution in [0.3, 0.4) is 0 Å². The molecular formula is C18H22N2O3. The third-order valence-electron chi connectivity index (χ3n) is 3.68. The summed E-state index contributed by atoms with van der Waals surface area (Å²) in [4.78, 5) is 24.2. The van der Waals surface area contributed by atoms with E-state index in [0.717, 1.165) is 12.0 Å². The zero-order valence-corrected chi connectivity index (χ0v) is 13.7. The Morgan fingerprint density at radius 3 is 2.48 bits per heavy atom. The van der Waals surface area contributed by atoms with Gasteiger partial charge in [0.25, 0.3) is 11.8 Å². The molecule has 2 amide bonds. The van der Waals surface area contributed by atoms with Crippen molar-refractivity contribution in [1.29, 1.82) is 0 Å². The maximum atomic E-state index is 12.4. The number of furan rings is 1. The minimum Gasteiger partial charge on any atom is -0.454 e. The third-order valence-corrected chi connectivity index (χ3v) is 3.68. The van der Waals surface area contributed by atoms with Crippen LogP contribution in [0.15, 0.2) is 40.8 Å². The molecule has 0 saturated carbocycles. The lowest BCUT2D eigenvalue weighted by atomic mass is 9.96. The quantitative estimate of drug-likeness (QED) is 0.861. The van der Waals surface area contributed by atoms with Crippen LogP contribution in [0.2, 0.25) is 0 Å². The van der Waals surface area contributed by atoms with Crippen molar-refractivity contribution in [2.45, 2.75) is 26.2 Å². The monoisotopic (exact) mass is 314 g/mol. The number of hydrogen-bond acceptors (Lipinski definition) is 3. The zero-order valence-electron chi connectivity index (χ0n) is 13.7. The van der Waals surface area contributed by atoms with Crippen molar-refractivity contribution in [2.75, 3.05) is 13.6 Å². The summed E-state index contributed by atoms with van der Waals surface area (Å²) < 4.78 is 5.71. The van der Waals surface area contributed by atoms with E-state index in [1.54, 1.807) is 0 Å². The Hall–Kier alpha value is -2.56. The van der Waals surface area contributed by atoms with Crippen LogP contribution in [0.5, 0.6) is 0 Å². The summed E-state index contributed by atoms with van der Waals surface area (Å²) in [6.07, 6.45) is 0.843. The molecule has 1 aromatic heterocycles. The summed E-state index contributed by atoms with van der Waals surface area (Å²) in [5, 5.41) is 5.35. The molecule has 2 N–H and O–H groups in total. The van der Waals surface area contributed by atoms with Crippen molar-refractivity contribution < 1.29 is 14.0 Å². The Kier molecular flexibility index (Phi) is 5.57. The van der Waals surface area contributed by atoms with Gasteiger partial charge in [0.05, 0.1) is 5.56 Å². The average molecular weight is 314 g/mol. The maximum Gasteiger partial charge on any atom is 0.286 e. The Morgan fingerprint density at radius 2 is 1.87 bits per heavy atom. The van der Waals surface area contributed by atoms with Crippen LogP contribution in [-0.4, -0.2) is 25.4 Å². The molecule has 0 aliphatic carbocycles. The van der Waals surface area contributed by atoms with Crippen molar-refractivity contribution in [3.8, 4) is 0 Å². The van der Waals surface area contributed by atoms with Gasteiger partial charge in [-0.1, -0.05) is 44.2 Å². The number of carbonyl (C=O) groups excluding carboxylic acids is 2. The minimum atomic E-state index is -0.346. The second kappa shape index (κ2) is 7.63. The van der Waals surface area contributed by atoms with Gasteiger partial charge in [0.2, 0.25) is 0 Å². The highest BCUT2D eigenvalue weighted by molar-refractivity contribution is 5.99. The molecule has 0 saturated heterocycles. The van der Waals surface area contributed by atoms with E-state index < -0.39 is 0 Å². The van der Waals surface area contributed by atoms with Crippen LogP contribution in [0.1, 0.15) is 58.4 Å². The van der Waals surface area contributed by atoms with Gasteiger partial charge >= 0.3 is 0 Å². The van der Waals surface area contributed by atoms with Crippen molar-refractivity contribution in [2.24, 2.45) is 0 Å². The van der Waals surface area contributed by atoms with Crippen LogP contribution in [0.25, 0.3) is 0 Å². The Bertz CT molecular complexity index is 677. The van der Waals surface area contributed by atoms with Crippen molar-refractivity contribution in [3.63, 3.8) is 0 Å². The summed E-state index contributed by atoms with van der Waals surface area (Å²) in [5.41, 5.74) is 1.43. The van der Waals surface area contributed by atoms with Crippen molar-refractivity contribution in [3.05, 3.63) is 59.0 Å². The van der Waals surface area contributed by atoms with E-state index in [0.29, 0.717) is 17.9 Å². The first kappa shape index (κ1) is 16.8. The second-order valence-electron chi connectivity index (χ2n) is 5.36. The van der Waals surface area contributed by atoms with Crippen LogP contribution >= 0.6 is 0 Å². The fraction of sp³-hybridized carbons (Fsp3) is 0.333. The molecule has 0 aliphatic rings. The van der Waals surface area contributed by atoms with Gasteiger partial charge < -0.3 is 15.1 Å². The van der Waals surface area contributed by atoms with Gasteiger partial charge in [0.15, 0.2) is 5.76 Å². The fourth-order valence-electron chi connectivity index (χ4n) is 2.37. The molecule has 122 valence electrons. The van der Waals surface area contributed by atoms with E-state index >= 15 is 0 Å². The van der Waals surface area contributed by atoms with E-state index in [9.17, 15) is 9.59 Å². The first-order chi connectivity index (χ1) is 11.1. The highest BCUT2D eigenvalue weighted by Crippen LogP contribution is 2.29. The molecular weight excluding hydrogens is 292 g/mol. The third kappa shape index (κ3) is 3.80. The van der Waals surface area contributed by atoms with Gasteiger partial charge in [-0.3, -0.25) is 9.59 Å². The van der Waals surface area contributed by atoms with E-state index in [1.165, 1.54) is 13.1 Å². The Labute approximate surface area is 136 Å².